The van der Waals surface area contributed by atoms with Crippen LogP contribution < -0.4 is 5.73 Å². The van der Waals surface area contributed by atoms with Crippen LogP contribution in [0.25, 0.3) is 0 Å². The minimum absolute atomic E-state index is 0.214. The molecule has 1 heterocycles. The van der Waals surface area contributed by atoms with Crippen molar-refractivity contribution in [2.75, 3.05) is 13.1 Å². The molecule has 1 aliphatic heterocycles. The predicted molar refractivity (Wildman–Crippen MR) is 64.8 cm³/mol. The summed E-state index contributed by atoms with van der Waals surface area (Å²) in [6.45, 7) is 7.21. The third kappa shape index (κ3) is 2.21. The fourth-order valence-corrected chi connectivity index (χ4v) is 3.40. The van der Waals surface area contributed by atoms with Gasteiger partial charge in [-0.1, -0.05) is 12.8 Å². The summed E-state index contributed by atoms with van der Waals surface area (Å²) in [4.78, 5) is 2.61. The van der Waals surface area contributed by atoms with Crippen molar-refractivity contribution in [2.24, 2.45) is 11.7 Å². The molecule has 2 fully saturated rings. The van der Waals surface area contributed by atoms with Crippen molar-refractivity contribution in [1.29, 1.82) is 0 Å². The molecule has 1 aliphatic carbocycles. The van der Waals surface area contributed by atoms with E-state index in [0.29, 0.717) is 6.04 Å². The maximum absolute atomic E-state index is 6.49. The molecule has 1 saturated carbocycles. The zero-order chi connectivity index (χ0) is 10.9. The van der Waals surface area contributed by atoms with Gasteiger partial charge in [-0.3, -0.25) is 4.90 Å². The molecule has 0 spiro atoms. The highest BCUT2D eigenvalue weighted by Crippen LogP contribution is 2.34. The molecule has 2 nitrogen and oxygen atoms in total. The van der Waals surface area contributed by atoms with Crippen molar-refractivity contribution in [1.82, 2.24) is 4.90 Å². The van der Waals surface area contributed by atoms with Crippen LogP contribution in [0.15, 0.2) is 0 Å². The number of hydrogen-bond donors (Lipinski definition) is 1. The second-order valence-electron chi connectivity index (χ2n) is 5.92. The van der Waals surface area contributed by atoms with E-state index in [9.17, 15) is 0 Å². The topological polar surface area (TPSA) is 29.3 Å². The van der Waals surface area contributed by atoms with Gasteiger partial charge in [0.25, 0.3) is 0 Å². The molecule has 1 atom stereocenters. The minimum Gasteiger partial charge on any atom is -0.326 e. The molecule has 2 heteroatoms. The van der Waals surface area contributed by atoms with E-state index in [4.69, 9.17) is 5.73 Å². The Hall–Kier alpha value is -0.0800. The van der Waals surface area contributed by atoms with Crippen LogP contribution in [-0.4, -0.2) is 29.6 Å². The Bertz CT molecular complexity index is 201. The van der Waals surface area contributed by atoms with Crippen LogP contribution in [0.3, 0.4) is 0 Å². The van der Waals surface area contributed by atoms with Crippen LogP contribution >= 0.6 is 0 Å². The Morgan fingerprint density at radius 3 is 2.13 bits per heavy atom. The quantitative estimate of drug-likeness (QED) is 0.775. The number of likely N-dealkylation sites (tertiary alicyclic amines) is 1. The Morgan fingerprint density at radius 2 is 1.60 bits per heavy atom. The number of hydrogen-bond acceptors (Lipinski definition) is 2. The lowest BCUT2D eigenvalue weighted by Gasteiger charge is -2.43. The summed E-state index contributed by atoms with van der Waals surface area (Å²) in [6.07, 6.45) is 8.24. The predicted octanol–water partition coefficient (Wildman–Crippen LogP) is 2.38. The molecule has 2 rings (SSSR count). The van der Waals surface area contributed by atoms with E-state index < -0.39 is 0 Å². The maximum Gasteiger partial charge on any atom is 0.0306 e. The van der Waals surface area contributed by atoms with Gasteiger partial charge in [-0.05, 0) is 58.5 Å². The molecule has 88 valence electrons. The molecule has 1 saturated heterocycles. The van der Waals surface area contributed by atoms with Gasteiger partial charge in [0.15, 0.2) is 0 Å². The van der Waals surface area contributed by atoms with Crippen molar-refractivity contribution < 1.29 is 0 Å². The smallest absolute Gasteiger partial charge is 0.0306 e. The van der Waals surface area contributed by atoms with Crippen molar-refractivity contribution in [3.63, 3.8) is 0 Å². The molecule has 0 bridgehead atoms. The normalized spacial score (nSPS) is 27.4. The summed E-state index contributed by atoms with van der Waals surface area (Å²) in [5.74, 6) is 0.778. The Balaban J connectivity index is 1.99. The van der Waals surface area contributed by atoms with E-state index in [1.54, 1.807) is 0 Å². The van der Waals surface area contributed by atoms with Crippen LogP contribution in [0, 0.1) is 5.92 Å². The fraction of sp³-hybridized carbons (Fsp3) is 1.00. The van der Waals surface area contributed by atoms with Gasteiger partial charge in [0.05, 0.1) is 0 Å². The highest BCUT2D eigenvalue weighted by molar-refractivity contribution is 4.97. The molecule has 0 amide bonds. The van der Waals surface area contributed by atoms with E-state index in [0.717, 1.165) is 5.92 Å². The summed E-state index contributed by atoms with van der Waals surface area (Å²) in [5.41, 5.74) is 6.71. The lowest BCUT2D eigenvalue weighted by Crippen LogP contribution is -2.57. The highest BCUT2D eigenvalue weighted by Gasteiger charge is 2.39. The summed E-state index contributed by atoms with van der Waals surface area (Å²) in [5, 5.41) is 0. The van der Waals surface area contributed by atoms with Gasteiger partial charge in [-0.2, -0.15) is 0 Å². The third-order valence-corrected chi connectivity index (χ3v) is 4.64. The van der Waals surface area contributed by atoms with Gasteiger partial charge in [0.2, 0.25) is 0 Å². The summed E-state index contributed by atoms with van der Waals surface area (Å²) in [6, 6.07) is 0.373. The molecule has 15 heavy (non-hydrogen) atoms. The Kier molecular flexibility index (Phi) is 3.36. The van der Waals surface area contributed by atoms with Crippen LogP contribution in [0.1, 0.15) is 52.4 Å². The lowest BCUT2D eigenvalue weighted by atomic mass is 9.83. The first-order valence-electron chi connectivity index (χ1n) is 6.63. The standard InChI is InChI=1S/C13H26N2/c1-13(2,15-9-5-6-10-15)12(14)11-7-3-4-8-11/h11-12H,3-10,14H2,1-2H3. The van der Waals surface area contributed by atoms with E-state index in [-0.39, 0.29) is 5.54 Å². The van der Waals surface area contributed by atoms with Crippen molar-refractivity contribution in [2.45, 2.75) is 64.0 Å². The van der Waals surface area contributed by atoms with Crippen molar-refractivity contribution in [3.05, 3.63) is 0 Å². The number of nitrogens with zero attached hydrogens (tertiary/aromatic N) is 1. The molecular formula is C13H26N2. The zero-order valence-electron chi connectivity index (χ0n) is 10.3. The van der Waals surface area contributed by atoms with Crippen LogP contribution in [0.4, 0.5) is 0 Å². The van der Waals surface area contributed by atoms with Crippen molar-refractivity contribution in [3.8, 4) is 0 Å². The summed E-state index contributed by atoms with van der Waals surface area (Å²) >= 11 is 0. The van der Waals surface area contributed by atoms with E-state index in [1.807, 2.05) is 0 Å². The van der Waals surface area contributed by atoms with Gasteiger partial charge in [0.1, 0.15) is 0 Å². The maximum atomic E-state index is 6.49. The largest absolute Gasteiger partial charge is 0.326 e. The first kappa shape index (κ1) is 11.4. The third-order valence-electron chi connectivity index (χ3n) is 4.64. The van der Waals surface area contributed by atoms with Gasteiger partial charge >= 0.3 is 0 Å². The van der Waals surface area contributed by atoms with Crippen molar-refractivity contribution >= 4 is 0 Å². The molecule has 0 aromatic heterocycles. The van der Waals surface area contributed by atoms with E-state index >= 15 is 0 Å². The molecular weight excluding hydrogens is 184 g/mol. The van der Waals surface area contributed by atoms with Gasteiger partial charge in [-0.15, -0.1) is 0 Å². The highest BCUT2D eigenvalue weighted by atomic mass is 15.2. The molecule has 2 aliphatic rings. The average molecular weight is 210 g/mol. The van der Waals surface area contributed by atoms with E-state index in [1.165, 1.54) is 51.6 Å². The molecule has 0 aromatic rings. The Labute approximate surface area is 94.2 Å². The molecule has 0 aromatic carbocycles. The first-order valence-corrected chi connectivity index (χ1v) is 6.63. The summed E-state index contributed by atoms with van der Waals surface area (Å²) in [7, 11) is 0. The zero-order valence-corrected chi connectivity index (χ0v) is 10.3. The number of nitrogens with two attached hydrogens (primary N) is 1. The van der Waals surface area contributed by atoms with Crippen LogP contribution in [-0.2, 0) is 0 Å². The molecule has 2 N–H and O–H groups in total. The van der Waals surface area contributed by atoms with E-state index in [2.05, 4.69) is 18.7 Å². The van der Waals surface area contributed by atoms with Gasteiger partial charge < -0.3 is 5.73 Å². The molecule has 0 radical (unpaired) electrons. The summed E-state index contributed by atoms with van der Waals surface area (Å²) < 4.78 is 0. The minimum atomic E-state index is 0.214. The monoisotopic (exact) mass is 210 g/mol. The number of rotatable bonds is 3. The van der Waals surface area contributed by atoms with Gasteiger partial charge in [0, 0.05) is 11.6 Å². The van der Waals surface area contributed by atoms with Crippen LogP contribution in [0.2, 0.25) is 0 Å². The average Bonchev–Trinajstić information content (AvgIpc) is 2.89. The SMILES string of the molecule is CC(C)(C(N)C1CCCC1)N1CCCC1. The van der Waals surface area contributed by atoms with Crippen LogP contribution in [0.5, 0.6) is 0 Å². The Morgan fingerprint density at radius 1 is 1.07 bits per heavy atom. The fourth-order valence-electron chi connectivity index (χ4n) is 3.40. The van der Waals surface area contributed by atoms with Gasteiger partial charge in [-0.25, -0.2) is 0 Å². The lowest BCUT2D eigenvalue weighted by molar-refractivity contribution is 0.0977. The second-order valence-corrected chi connectivity index (χ2v) is 5.92. The first-order chi connectivity index (χ1) is 7.12. The molecule has 1 unspecified atom stereocenters. The second kappa shape index (κ2) is 4.42.